The molecule has 3 heterocycles. The fourth-order valence-corrected chi connectivity index (χ4v) is 3.11. The van der Waals surface area contributed by atoms with Crippen molar-refractivity contribution in [2.75, 3.05) is 31.1 Å². The second-order valence-corrected chi connectivity index (χ2v) is 6.13. The fourth-order valence-electron chi connectivity index (χ4n) is 3.11. The van der Waals surface area contributed by atoms with E-state index in [-0.39, 0.29) is 5.92 Å². The lowest BCUT2D eigenvalue weighted by atomic mass is 9.84. The number of piperazine rings is 1. The molecule has 7 heteroatoms. The maximum Gasteiger partial charge on any atom is 0.225 e. The van der Waals surface area contributed by atoms with Crippen molar-refractivity contribution < 1.29 is 4.79 Å². The topological polar surface area (TPSA) is 67.2 Å². The summed E-state index contributed by atoms with van der Waals surface area (Å²) in [7, 11) is 0. The molecule has 2 aliphatic rings. The molecule has 2 fully saturated rings. The average Bonchev–Trinajstić information content (AvgIpc) is 3.08. The number of carbonyl (C=O) groups excluding carboxylic acids is 1. The summed E-state index contributed by atoms with van der Waals surface area (Å²) in [6.45, 7) is 3.18. The van der Waals surface area contributed by atoms with Gasteiger partial charge in [0.1, 0.15) is 12.1 Å². The van der Waals surface area contributed by atoms with Gasteiger partial charge in [-0.05, 0) is 18.9 Å². The van der Waals surface area contributed by atoms with E-state index in [2.05, 4.69) is 20.0 Å². The predicted octanol–water partition coefficient (Wildman–Crippen LogP) is 1.11. The molecule has 0 unspecified atom stereocenters. The van der Waals surface area contributed by atoms with Crippen LogP contribution in [0.25, 0.3) is 5.82 Å². The summed E-state index contributed by atoms with van der Waals surface area (Å²) in [5.74, 6) is 2.28. The Bertz CT molecular complexity index is 674. The molecule has 2 aromatic heterocycles. The third kappa shape index (κ3) is 2.78. The minimum absolute atomic E-state index is 0.284. The Morgan fingerprint density at radius 1 is 1.09 bits per heavy atom. The van der Waals surface area contributed by atoms with Gasteiger partial charge in [0.05, 0.1) is 0 Å². The fraction of sp³-hybridized carbons (Fsp3) is 0.500. The van der Waals surface area contributed by atoms with Gasteiger partial charge in [-0.3, -0.25) is 4.79 Å². The van der Waals surface area contributed by atoms with E-state index in [4.69, 9.17) is 0 Å². The molecular formula is C16H20N6O. The van der Waals surface area contributed by atoms with Crippen LogP contribution in [-0.2, 0) is 4.79 Å². The zero-order valence-electron chi connectivity index (χ0n) is 13.0. The van der Waals surface area contributed by atoms with Crippen molar-refractivity contribution in [3.63, 3.8) is 0 Å². The number of rotatable bonds is 3. The molecule has 0 N–H and O–H groups in total. The molecule has 1 saturated heterocycles. The summed E-state index contributed by atoms with van der Waals surface area (Å²) in [5, 5.41) is 4.20. The zero-order valence-corrected chi connectivity index (χ0v) is 13.0. The van der Waals surface area contributed by atoms with Gasteiger partial charge in [-0.2, -0.15) is 5.10 Å². The maximum absolute atomic E-state index is 12.3. The van der Waals surface area contributed by atoms with Crippen LogP contribution in [0.3, 0.4) is 0 Å². The first kappa shape index (κ1) is 14.2. The highest BCUT2D eigenvalue weighted by Gasteiger charge is 2.31. The van der Waals surface area contributed by atoms with Crippen molar-refractivity contribution in [1.82, 2.24) is 24.6 Å². The van der Waals surface area contributed by atoms with Crippen LogP contribution >= 0.6 is 0 Å². The van der Waals surface area contributed by atoms with Crippen LogP contribution in [0.4, 0.5) is 5.82 Å². The molecule has 4 rings (SSSR count). The van der Waals surface area contributed by atoms with Crippen LogP contribution in [0, 0.1) is 5.92 Å². The van der Waals surface area contributed by atoms with Gasteiger partial charge in [0.25, 0.3) is 0 Å². The van der Waals surface area contributed by atoms with Gasteiger partial charge in [0.15, 0.2) is 5.82 Å². The van der Waals surface area contributed by atoms with E-state index >= 15 is 0 Å². The Kier molecular flexibility index (Phi) is 3.69. The Morgan fingerprint density at radius 2 is 1.87 bits per heavy atom. The first-order valence-corrected chi connectivity index (χ1v) is 8.17. The lowest BCUT2D eigenvalue weighted by Gasteiger charge is -2.38. The number of hydrogen-bond acceptors (Lipinski definition) is 5. The van der Waals surface area contributed by atoms with Crippen LogP contribution in [0.2, 0.25) is 0 Å². The highest BCUT2D eigenvalue weighted by atomic mass is 16.2. The monoisotopic (exact) mass is 312 g/mol. The summed E-state index contributed by atoms with van der Waals surface area (Å²) < 4.78 is 1.72. The molecule has 1 aliphatic heterocycles. The van der Waals surface area contributed by atoms with Crippen molar-refractivity contribution >= 4 is 11.7 Å². The molecule has 2 aromatic rings. The van der Waals surface area contributed by atoms with E-state index in [0.717, 1.165) is 50.7 Å². The van der Waals surface area contributed by atoms with Crippen molar-refractivity contribution in [2.24, 2.45) is 5.92 Å². The third-order valence-corrected chi connectivity index (χ3v) is 4.75. The highest BCUT2D eigenvalue weighted by molar-refractivity contribution is 5.79. The number of amides is 1. The van der Waals surface area contributed by atoms with Crippen LogP contribution in [-0.4, -0.2) is 56.7 Å². The number of hydrogen-bond donors (Lipinski definition) is 0. The molecule has 0 radical (unpaired) electrons. The summed E-state index contributed by atoms with van der Waals surface area (Å²) in [6.07, 6.45) is 8.50. The van der Waals surface area contributed by atoms with E-state index < -0.39 is 0 Å². The van der Waals surface area contributed by atoms with E-state index in [1.54, 1.807) is 17.2 Å². The quantitative estimate of drug-likeness (QED) is 0.849. The SMILES string of the molecule is O=C(C1CCC1)N1CCN(c2cc(-n3cccn3)ncn2)CC1. The lowest BCUT2D eigenvalue weighted by molar-refractivity contribution is -0.138. The molecule has 120 valence electrons. The molecule has 0 atom stereocenters. The summed E-state index contributed by atoms with van der Waals surface area (Å²) in [6, 6.07) is 3.81. The smallest absolute Gasteiger partial charge is 0.225 e. The van der Waals surface area contributed by atoms with Gasteiger partial charge >= 0.3 is 0 Å². The Labute approximate surface area is 134 Å². The lowest BCUT2D eigenvalue weighted by Crippen LogP contribution is -2.51. The van der Waals surface area contributed by atoms with Crippen molar-refractivity contribution in [3.05, 3.63) is 30.9 Å². The van der Waals surface area contributed by atoms with Gasteiger partial charge in [-0.25, -0.2) is 14.6 Å². The van der Waals surface area contributed by atoms with E-state index in [9.17, 15) is 4.79 Å². The highest BCUT2D eigenvalue weighted by Crippen LogP contribution is 2.28. The first-order valence-electron chi connectivity index (χ1n) is 8.17. The van der Waals surface area contributed by atoms with Gasteiger partial charge in [-0.15, -0.1) is 0 Å². The largest absolute Gasteiger partial charge is 0.353 e. The first-order chi connectivity index (χ1) is 11.3. The number of aromatic nitrogens is 4. The normalized spacial score (nSPS) is 18.8. The molecule has 1 amide bonds. The van der Waals surface area contributed by atoms with Gasteiger partial charge in [-0.1, -0.05) is 6.42 Å². The Hall–Kier alpha value is -2.44. The van der Waals surface area contributed by atoms with Crippen molar-refractivity contribution in [2.45, 2.75) is 19.3 Å². The number of carbonyl (C=O) groups is 1. The molecule has 0 bridgehead atoms. The van der Waals surface area contributed by atoms with Crippen molar-refractivity contribution in [1.29, 1.82) is 0 Å². The molecule has 1 aliphatic carbocycles. The molecule has 0 aromatic carbocycles. The van der Waals surface area contributed by atoms with E-state index in [1.165, 1.54) is 6.42 Å². The predicted molar refractivity (Wildman–Crippen MR) is 85.3 cm³/mol. The van der Waals surface area contributed by atoms with Gasteiger partial charge in [0.2, 0.25) is 5.91 Å². The summed E-state index contributed by atoms with van der Waals surface area (Å²) in [5.41, 5.74) is 0. The minimum atomic E-state index is 0.284. The Morgan fingerprint density at radius 3 is 2.52 bits per heavy atom. The maximum atomic E-state index is 12.3. The third-order valence-electron chi connectivity index (χ3n) is 4.75. The van der Waals surface area contributed by atoms with Crippen LogP contribution < -0.4 is 4.90 Å². The van der Waals surface area contributed by atoms with Gasteiger partial charge in [0, 0.05) is 50.6 Å². The average molecular weight is 312 g/mol. The molecule has 23 heavy (non-hydrogen) atoms. The molecule has 7 nitrogen and oxygen atoms in total. The zero-order chi connectivity index (χ0) is 15.6. The van der Waals surface area contributed by atoms with E-state index in [0.29, 0.717) is 5.91 Å². The Balaban J connectivity index is 1.42. The number of anilines is 1. The van der Waals surface area contributed by atoms with Crippen LogP contribution in [0.1, 0.15) is 19.3 Å². The molecule has 0 spiro atoms. The van der Waals surface area contributed by atoms with Crippen molar-refractivity contribution in [3.8, 4) is 5.82 Å². The van der Waals surface area contributed by atoms with Crippen LogP contribution in [0.15, 0.2) is 30.9 Å². The number of nitrogens with zero attached hydrogens (tertiary/aromatic N) is 6. The molecule has 1 saturated carbocycles. The molecular weight excluding hydrogens is 292 g/mol. The summed E-state index contributed by atoms with van der Waals surface area (Å²) in [4.78, 5) is 25.2. The van der Waals surface area contributed by atoms with Gasteiger partial charge < -0.3 is 9.80 Å². The minimum Gasteiger partial charge on any atom is -0.353 e. The van der Waals surface area contributed by atoms with E-state index in [1.807, 2.05) is 23.2 Å². The van der Waals surface area contributed by atoms with Crippen LogP contribution in [0.5, 0.6) is 0 Å². The second kappa shape index (κ2) is 5.98. The standard InChI is InChI=1S/C16H20N6O/c23-16(13-3-1-4-13)21-9-7-20(8-10-21)14-11-15(18-12-17-14)22-6-2-5-19-22/h2,5-6,11-13H,1,3-4,7-10H2. The summed E-state index contributed by atoms with van der Waals surface area (Å²) >= 11 is 0. The second-order valence-electron chi connectivity index (χ2n) is 6.13.